The van der Waals surface area contributed by atoms with E-state index in [2.05, 4.69) is 25.5 Å². The predicted molar refractivity (Wildman–Crippen MR) is 62.4 cm³/mol. The van der Waals surface area contributed by atoms with Gasteiger partial charge in [0.2, 0.25) is 5.88 Å². The monoisotopic (exact) mass is 231 g/mol. The molecular formula is C11H13N5O. The van der Waals surface area contributed by atoms with Gasteiger partial charge < -0.3 is 10.1 Å². The fraction of sp³-hybridized carbons (Fsp3) is 0.273. The summed E-state index contributed by atoms with van der Waals surface area (Å²) in [5, 5.41) is 10.9. The topological polar surface area (TPSA) is 72.8 Å². The molecule has 2 heterocycles. The Morgan fingerprint density at radius 1 is 1.18 bits per heavy atom. The van der Waals surface area contributed by atoms with E-state index in [9.17, 15) is 0 Å². The van der Waals surface area contributed by atoms with Crippen molar-refractivity contribution in [2.75, 3.05) is 14.2 Å². The summed E-state index contributed by atoms with van der Waals surface area (Å²) in [5.41, 5.74) is 1.65. The molecule has 0 aromatic carbocycles. The van der Waals surface area contributed by atoms with E-state index in [0.717, 1.165) is 12.1 Å². The third-order valence-corrected chi connectivity index (χ3v) is 2.16. The number of hydrogen-bond donors (Lipinski definition) is 1. The van der Waals surface area contributed by atoms with Gasteiger partial charge in [-0.1, -0.05) is 0 Å². The molecule has 1 N–H and O–H groups in total. The van der Waals surface area contributed by atoms with Crippen molar-refractivity contribution in [1.82, 2.24) is 25.5 Å². The molecule has 0 spiro atoms. The van der Waals surface area contributed by atoms with Crippen molar-refractivity contribution in [2.24, 2.45) is 0 Å². The Balaban J connectivity index is 2.20. The minimum atomic E-state index is 0.473. The van der Waals surface area contributed by atoms with Gasteiger partial charge in [-0.05, 0) is 13.1 Å². The zero-order valence-electron chi connectivity index (χ0n) is 9.71. The summed E-state index contributed by atoms with van der Waals surface area (Å²) in [4.78, 5) is 8.46. The van der Waals surface area contributed by atoms with Crippen LogP contribution in [0.1, 0.15) is 5.56 Å². The van der Waals surface area contributed by atoms with Crippen molar-refractivity contribution in [3.63, 3.8) is 0 Å². The highest BCUT2D eigenvalue weighted by atomic mass is 16.5. The first-order valence-corrected chi connectivity index (χ1v) is 5.17. The van der Waals surface area contributed by atoms with Crippen LogP contribution in [0.3, 0.4) is 0 Å². The largest absolute Gasteiger partial charge is 0.480 e. The Morgan fingerprint density at radius 3 is 2.47 bits per heavy atom. The molecule has 0 aliphatic rings. The molecule has 2 aromatic rings. The minimum Gasteiger partial charge on any atom is -0.480 e. The summed E-state index contributed by atoms with van der Waals surface area (Å²) in [6.45, 7) is 0.745. The molecule has 0 unspecified atom stereocenters. The Morgan fingerprint density at radius 2 is 1.94 bits per heavy atom. The third kappa shape index (κ3) is 2.73. The van der Waals surface area contributed by atoms with E-state index >= 15 is 0 Å². The number of rotatable bonds is 4. The fourth-order valence-corrected chi connectivity index (χ4v) is 1.33. The summed E-state index contributed by atoms with van der Waals surface area (Å²) in [6, 6.07) is 3.51. The Hall–Kier alpha value is -2.08. The van der Waals surface area contributed by atoms with Crippen LogP contribution in [0.2, 0.25) is 0 Å². The van der Waals surface area contributed by atoms with Crippen LogP contribution in [-0.2, 0) is 6.54 Å². The van der Waals surface area contributed by atoms with Gasteiger partial charge in [0.05, 0.1) is 7.11 Å². The zero-order chi connectivity index (χ0) is 12.1. The van der Waals surface area contributed by atoms with Gasteiger partial charge in [-0.3, -0.25) is 0 Å². The molecule has 2 aromatic heterocycles. The van der Waals surface area contributed by atoms with Crippen LogP contribution in [0.5, 0.6) is 5.88 Å². The van der Waals surface area contributed by atoms with Gasteiger partial charge in [-0.2, -0.15) is 0 Å². The number of nitrogens with zero attached hydrogens (tertiary/aromatic N) is 4. The Kier molecular flexibility index (Phi) is 3.56. The van der Waals surface area contributed by atoms with Gasteiger partial charge in [-0.15, -0.1) is 10.2 Å². The van der Waals surface area contributed by atoms with Crippen molar-refractivity contribution < 1.29 is 4.74 Å². The van der Waals surface area contributed by atoms with Crippen molar-refractivity contribution >= 4 is 0 Å². The maximum absolute atomic E-state index is 4.93. The predicted octanol–water partition coefficient (Wildman–Crippen LogP) is 0.662. The van der Waals surface area contributed by atoms with Gasteiger partial charge in [0, 0.05) is 30.6 Å². The van der Waals surface area contributed by atoms with Crippen LogP contribution in [0.15, 0.2) is 24.5 Å². The van der Waals surface area contributed by atoms with E-state index in [0.29, 0.717) is 17.4 Å². The first-order chi connectivity index (χ1) is 8.33. The molecule has 0 saturated heterocycles. The second-order valence-electron chi connectivity index (χ2n) is 3.41. The SMILES string of the molecule is CNCc1cnc(-c2ccc(OC)nn2)nc1. The fourth-order valence-electron chi connectivity index (χ4n) is 1.33. The van der Waals surface area contributed by atoms with Crippen molar-refractivity contribution in [2.45, 2.75) is 6.54 Å². The van der Waals surface area contributed by atoms with Crippen molar-refractivity contribution in [3.05, 3.63) is 30.1 Å². The standard InChI is InChI=1S/C11H13N5O/c1-12-5-8-6-13-11(14-7-8)9-3-4-10(17-2)16-15-9/h3-4,6-7,12H,5H2,1-2H3. The van der Waals surface area contributed by atoms with Crippen molar-refractivity contribution in [3.8, 4) is 17.4 Å². The molecule has 0 amide bonds. The number of methoxy groups -OCH3 is 1. The lowest BCUT2D eigenvalue weighted by molar-refractivity contribution is 0.392. The molecule has 0 aliphatic heterocycles. The summed E-state index contributed by atoms with van der Waals surface area (Å²) < 4.78 is 4.93. The van der Waals surface area contributed by atoms with Crippen molar-refractivity contribution in [1.29, 1.82) is 0 Å². The average molecular weight is 231 g/mol. The van der Waals surface area contributed by atoms with E-state index in [1.54, 1.807) is 31.6 Å². The lowest BCUT2D eigenvalue weighted by atomic mass is 10.3. The smallest absolute Gasteiger partial charge is 0.233 e. The van der Waals surface area contributed by atoms with E-state index < -0.39 is 0 Å². The van der Waals surface area contributed by atoms with Gasteiger partial charge in [-0.25, -0.2) is 9.97 Å². The number of aromatic nitrogens is 4. The molecule has 88 valence electrons. The van der Waals surface area contributed by atoms with Gasteiger partial charge in [0.15, 0.2) is 5.82 Å². The summed E-state index contributed by atoms with van der Waals surface area (Å²) in [6.07, 6.45) is 3.54. The lowest BCUT2D eigenvalue weighted by Crippen LogP contribution is -2.06. The molecule has 0 saturated carbocycles. The van der Waals surface area contributed by atoms with Crippen LogP contribution < -0.4 is 10.1 Å². The van der Waals surface area contributed by atoms with Crippen LogP contribution in [0.4, 0.5) is 0 Å². The molecule has 17 heavy (non-hydrogen) atoms. The van der Waals surface area contributed by atoms with E-state index in [1.807, 2.05) is 7.05 Å². The maximum atomic E-state index is 4.93. The molecule has 0 bridgehead atoms. The molecule has 0 aliphatic carbocycles. The summed E-state index contributed by atoms with van der Waals surface area (Å²) in [5.74, 6) is 1.03. The van der Waals surface area contributed by atoms with Crippen LogP contribution >= 0.6 is 0 Å². The van der Waals surface area contributed by atoms with Crippen LogP contribution in [-0.4, -0.2) is 34.3 Å². The molecule has 0 atom stereocenters. The highest BCUT2D eigenvalue weighted by Gasteiger charge is 2.04. The highest BCUT2D eigenvalue weighted by Crippen LogP contribution is 2.12. The normalized spacial score (nSPS) is 10.2. The molecular weight excluding hydrogens is 218 g/mol. The molecule has 0 radical (unpaired) electrons. The first-order valence-electron chi connectivity index (χ1n) is 5.17. The molecule has 6 heteroatoms. The van der Waals surface area contributed by atoms with Gasteiger partial charge in [0.1, 0.15) is 5.69 Å². The minimum absolute atomic E-state index is 0.473. The maximum Gasteiger partial charge on any atom is 0.233 e. The first kappa shape index (κ1) is 11.4. The number of nitrogens with one attached hydrogen (secondary N) is 1. The van der Waals surface area contributed by atoms with Gasteiger partial charge >= 0.3 is 0 Å². The third-order valence-electron chi connectivity index (χ3n) is 2.16. The lowest BCUT2D eigenvalue weighted by Gasteiger charge is -2.02. The van der Waals surface area contributed by atoms with E-state index in [1.165, 1.54) is 0 Å². The summed E-state index contributed by atoms with van der Waals surface area (Å²) >= 11 is 0. The second-order valence-corrected chi connectivity index (χ2v) is 3.41. The van der Waals surface area contributed by atoms with E-state index in [-0.39, 0.29) is 0 Å². The molecule has 6 nitrogen and oxygen atoms in total. The molecule has 2 rings (SSSR count). The average Bonchev–Trinajstić information content (AvgIpc) is 2.40. The van der Waals surface area contributed by atoms with Crippen LogP contribution in [0, 0.1) is 0 Å². The zero-order valence-corrected chi connectivity index (χ0v) is 9.71. The van der Waals surface area contributed by atoms with Gasteiger partial charge in [0.25, 0.3) is 0 Å². The Bertz CT molecular complexity index is 468. The van der Waals surface area contributed by atoms with E-state index in [4.69, 9.17) is 4.74 Å². The summed E-state index contributed by atoms with van der Waals surface area (Å²) in [7, 11) is 3.43. The second kappa shape index (κ2) is 5.31. The van der Waals surface area contributed by atoms with Crippen LogP contribution in [0.25, 0.3) is 11.5 Å². The Labute approximate surface area is 99.1 Å². The number of ether oxygens (including phenoxy) is 1. The number of hydrogen-bond acceptors (Lipinski definition) is 6. The highest BCUT2D eigenvalue weighted by molar-refractivity contribution is 5.47. The molecule has 0 fully saturated rings. The quantitative estimate of drug-likeness (QED) is 0.833.